The SMILES string of the molecule is CC(Cc1ccc(F)cc1)C(N)=NO. The summed E-state index contributed by atoms with van der Waals surface area (Å²) in [6, 6.07) is 6.18. The van der Waals surface area contributed by atoms with Crippen LogP contribution in [-0.4, -0.2) is 11.0 Å². The zero-order chi connectivity index (χ0) is 10.6. The molecule has 1 aromatic carbocycles. The minimum atomic E-state index is -0.259. The number of amidine groups is 1. The highest BCUT2D eigenvalue weighted by Gasteiger charge is 2.08. The lowest BCUT2D eigenvalue weighted by Crippen LogP contribution is -2.22. The van der Waals surface area contributed by atoms with Gasteiger partial charge in [-0.25, -0.2) is 4.39 Å². The Hall–Kier alpha value is -1.58. The predicted molar refractivity (Wildman–Crippen MR) is 52.7 cm³/mol. The minimum Gasteiger partial charge on any atom is -0.409 e. The fourth-order valence-electron chi connectivity index (χ4n) is 1.18. The summed E-state index contributed by atoms with van der Waals surface area (Å²) in [5.74, 6) is -0.120. The molecule has 0 bridgehead atoms. The molecular formula is C10H13FN2O. The summed E-state index contributed by atoms with van der Waals surface area (Å²) in [5.41, 5.74) is 6.38. The van der Waals surface area contributed by atoms with Crippen molar-refractivity contribution in [3.05, 3.63) is 35.6 Å². The van der Waals surface area contributed by atoms with Crippen LogP contribution in [0.15, 0.2) is 29.4 Å². The number of nitrogens with zero attached hydrogens (tertiary/aromatic N) is 1. The maximum absolute atomic E-state index is 12.6. The van der Waals surface area contributed by atoms with E-state index >= 15 is 0 Å². The van der Waals surface area contributed by atoms with Crippen molar-refractivity contribution in [2.45, 2.75) is 13.3 Å². The Morgan fingerprint density at radius 2 is 2.07 bits per heavy atom. The molecule has 3 nitrogen and oxygen atoms in total. The van der Waals surface area contributed by atoms with Crippen molar-refractivity contribution in [3.8, 4) is 0 Å². The van der Waals surface area contributed by atoms with E-state index in [4.69, 9.17) is 10.9 Å². The largest absolute Gasteiger partial charge is 0.409 e. The number of oxime groups is 1. The highest BCUT2D eigenvalue weighted by molar-refractivity contribution is 5.82. The Bertz CT molecular complexity index is 321. The third-order valence-corrected chi connectivity index (χ3v) is 2.08. The fourth-order valence-corrected chi connectivity index (χ4v) is 1.18. The first-order chi connectivity index (χ1) is 6.63. The van der Waals surface area contributed by atoms with Crippen molar-refractivity contribution in [1.82, 2.24) is 0 Å². The van der Waals surface area contributed by atoms with Crippen molar-refractivity contribution in [2.24, 2.45) is 16.8 Å². The third kappa shape index (κ3) is 2.73. The van der Waals surface area contributed by atoms with Gasteiger partial charge in [0.15, 0.2) is 0 Å². The molecule has 0 heterocycles. The zero-order valence-electron chi connectivity index (χ0n) is 7.94. The Labute approximate surface area is 82.0 Å². The van der Waals surface area contributed by atoms with Crippen molar-refractivity contribution in [3.63, 3.8) is 0 Å². The van der Waals surface area contributed by atoms with E-state index in [1.807, 2.05) is 6.92 Å². The number of rotatable bonds is 3. The fraction of sp³-hybridized carbons (Fsp3) is 0.300. The van der Waals surface area contributed by atoms with E-state index < -0.39 is 0 Å². The lowest BCUT2D eigenvalue weighted by atomic mass is 10.0. The van der Waals surface area contributed by atoms with Gasteiger partial charge in [0.1, 0.15) is 11.7 Å². The maximum atomic E-state index is 12.6. The van der Waals surface area contributed by atoms with Gasteiger partial charge in [0.05, 0.1) is 0 Å². The Balaban J connectivity index is 2.65. The monoisotopic (exact) mass is 196 g/mol. The van der Waals surface area contributed by atoms with Gasteiger partial charge in [-0.2, -0.15) is 0 Å². The number of hydrogen-bond acceptors (Lipinski definition) is 2. The van der Waals surface area contributed by atoms with Crippen LogP contribution in [0, 0.1) is 11.7 Å². The third-order valence-electron chi connectivity index (χ3n) is 2.08. The average molecular weight is 196 g/mol. The number of nitrogens with two attached hydrogens (primary N) is 1. The molecule has 0 fully saturated rings. The summed E-state index contributed by atoms with van der Waals surface area (Å²) in [4.78, 5) is 0. The van der Waals surface area contributed by atoms with Crippen LogP contribution < -0.4 is 5.73 Å². The van der Waals surface area contributed by atoms with Crippen LogP contribution in [0.25, 0.3) is 0 Å². The molecule has 0 aliphatic heterocycles. The summed E-state index contributed by atoms with van der Waals surface area (Å²) < 4.78 is 12.6. The smallest absolute Gasteiger partial charge is 0.142 e. The quantitative estimate of drug-likeness (QED) is 0.335. The van der Waals surface area contributed by atoms with Crippen LogP contribution >= 0.6 is 0 Å². The van der Waals surface area contributed by atoms with E-state index in [9.17, 15) is 4.39 Å². The molecule has 0 radical (unpaired) electrons. The van der Waals surface area contributed by atoms with Gasteiger partial charge in [0.2, 0.25) is 0 Å². The molecule has 1 atom stereocenters. The Morgan fingerprint density at radius 1 is 1.50 bits per heavy atom. The van der Waals surface area contributed by atoms with E-state index in [1.165, 1.54) is 12.1 Å². The lowest BCUT2D eigenvalue weighted by Gasteiger charge is -2.08. The summed E-state index contributed by atoms with van der Waals surface area (Å²) in [5, 5.41) is 11.4. The lowest BCUT2D eigenvalue weighted by molar-refractivity contribution is 0.314. The van der Waals surface area contributed by atoms with Crippen molar-refractivity contribution in [2.75, 3.05) is 0 Å². The zero-order valence-corrected chi connectivity index (χ0v) is 7.94. The number of halogens is 1. The molecule has 1 rings (SSSR count). The van der Waals surface area contributed by atoms with Gasteiger partial charge in [-0.15, -0.1) is 0 Å². The first-order valence-corrected chi connectivity index (χ1v) is 4.35. The van der Waals surface area contributed by atoms with Crippen LogP contribution in [0.4, 0.5) is 4.39 Å². The van der Waals surface area contributed by atoms with Crippen LogP contribution in [0.2, 0.25) is 0 Å². The van der Waals surface area contributed by atoms with Gasteiger partial charge in [-0.3, -0.25) is 0 Å². The molecule has 76 valence electrons. The van der Waals surface area contributed by atoms with Crippen molar-refractivity contribution < 1.29 is 9.60 Å². The Kier molecular flexibility index (Phi) is 3.45. The van der Waals surface area contributed by atoms with Crippen LogP contribution in [0.1, 0.15) is 12.5 Å². The molecule has 0 aliphatic rings. The first kappa shape index (κ1) is 10.5. The highest BCUT2D eigenvalue weighted by atomic mass is 19.1. The van der Waals surface area contributed by atoms with Crippen molar-refractivity contribution in [1.29, 1.82) is 0 Å². The van der Waals surface area contributed by atoms with E-state index in [1.54, 1.807) is 12.1 Å². The Morgan fingerprint density at radius 3 is 2.57 bits per heavy atom. The first-order valence-electron chi connectivity index (χ1n) is 4.35. The molecule has 1 aromatic rings. The second-order valence-electron chi connectivity index (χ2n) is 3.26. The predicted octanol–water partition coefficient (Wildman–Crippen LogP) is 1.75. The van der Waals surface area contributed by atoms with Gasteiger partial charge in [0.25, 0.3) is 0 Å². The normalized spacial score (nSPS) is 14.0. The van der Waals surface area contributed by atoms with Crippen LogP contribution in [0.5, 0.6) is 0 Å². The van der Waals surface area contributed by atoms with Crippen LogP contribution in [0.3, 0.4) is 0 Å². The van der Waals surface area contributed by atoms with Gasteiger partial charge in [0, 0.05) is 5.92 Å². The summed E-state index contributed by atoms with van der Waals surface area (Å²) >= 11 is 0. The van der Waals surface area contributed by atoms with E-state index in [2.05, 4.69) is 5.16 Å². The standard InChI is InChI=1S/C10H13FN2O/c1-7(10(12)13-14)6-8-2-4-9(11)5-3-8/h2-5,7,14H,6H2,1H3,(H2,12,13). The van der Waals surface area contributed by atoms with Gasteiger partial charge < -0.3 is 10.9 Å². The molecule has 0 aromatic heterocycles. The molecule has 0 saturated carbocycles. The second-order valence-corrected chi connectivity index (χ2v) is 3.26. The molecule has 0 amide bonds. The van der Waals surface area contributed by atoms with Gasteiger partial charge in [-0.1, -0.05) is 24.2 Å². The number of hydrogen-bond donors (Lipinski definition) is 2. The minimum absolute atomic E-state index is 0.0505. The highest BCUT2D eigenvalue weighted by Crippen LogP contribution is 2.09. The summed E-state index contributed by atoms with van der Waals surface area (Å²) in [7, 11) is 0. The van der Waals surface area contributed by atoms with Crippen LogP contribution in [-0.2, 0) is 6.42 Å². The molecule has 0 spiro atoms. The second kappa shape index (κ2) is 4.60. The summed E-state index contributed by atoms with van der Waals surface area (Å²) in [6.45, 7) is 1.85. The molecule has 14 heavy (non-hydrogen) atoms. The summed E-state index contributed by atoms with van der Waals surface area (Å²) in [6.07, 6.45) is 0.635. The molecule has 0 saturated heterocycles. The molecular weight excluding hydrogens is 183 g/mol. The molecule has 0 aliphatic carbocycles. The number of benzene rings is 1. The van der Waals surface area contributed by atoms with Gasteiger partial charge in [-0.05, 0) is 24.1 Å². The van der Waals surface area contributed by atoms with Crippen molar-refractivity contribution >= 4 is 5.84 Å². The van der Waals surface area contributed by atoms with E-state index in [-0.39, 0.29) is 17.6 Å². The topological polar surface area (TPSA) is 58.6 Å². The van der Waals surface area contributed by atoms with E-state index in [0.29, 0.717) is 6.42 Å². The van der Waals surface area contributed by atoms with E-state index in [0.717, 1.165) is 5.56 Å². The molecule has 4 heteroatoms. The average Bonchev–Trinajstić information content (AvgIpc) is 2.20. The maximum Gasteiger partial charge on any atom is 0.142 e. The van der Waals surface area contributed by atoms with Gasteiger partial charge >= 0.3 is 0 Å². The molecule has 1 unspecified atom stereocenters. The molecule has 3 N–H and O–H groups in total.